The minimum absolute atomic E-state index is 0.0530. The van der Waals surface area contributed by atoms with E-state index in [1.807, 2.05) is 0 Å². The summed E-state index contributed by atoms with van der Waals surface area (Å²) in [6, 6.07) is 10.6. The van der Waals surface area contributed by atoms with Gasteiger partial charge in [-0.15, -0.1) is 0 Å². The molecule has 0 saturated heterocycles. The van der Waals surface area contributed by atoms with Crippen molar-refractivity contribution in [2.75, 3.05) is 25.8 Å². The van der Waals surface area contributed by atoms with Gasteiger partial charge in [0.05, 0.1) is 24.8 Å². The van der Waals surface area contributed by atoms with Crippen LogP contribution in [0.5, 0.6) is 17.2 Å². The Hall–Kier alpha value is -3.99. The van der Waals surface area contributed by atoms with Crippen LogP contribution in [0.15, 0.2) is 47.1 Å². The van der Waals surface area contributed by atoms with Crippen LogP contribution in [0.2, 0.25) is 5.02 Å². The quantitative estimate of drug-likeness (QED) is 0.191. The second-order valence-corrected chi connectivity index (χ2v) is 10.00. The number of sulfone groups is 1. The third-order valence-electron chi connectivity index (χ3n) is 4.41. The van der Waals surface area contributed by atoms with Crippen molar-refractivity contribution in [1.29, 1.82) is 5.26 Å². The van der Waals surface area contributed by atoms with E-state index >= 15 is 0 Å². The molecule has 0 bridgehead atoms. The van der Waals surface area contributed by atoms with Gasteiger partial charge in [0.2, 0.25) is 15.0 Å². The number of amides is 1. The number of halogens is 1. The summed E-state index contributed by atoms with van der Waals surface area (Å²) in [4.78, 5) is 28.7. The minimum atomic E-state index is -3.64. The van der Waals surface area contributed by atoms with E-state index < -0.39 is 26.9 Å². The standard InChI is InChI=1S/C22H17ClN4O7S2/c1-32-17-7-5-13(10-18(17)33-2)20(29)34-16-6-4-12(9-15(16)23)8-14(11-24)19(28)25-21-26-22(27-35-21)36(3,30)31/h4-10H,1-3H3,(H,25,26,27,28)/b14-8-. The van der Waals surface area contributed by atoms with Crippen molar-refractivity contribution < 1.29 is 32.2 Å². The first kappa shape index (κ1) is 26.6. The molecule has 11 nitrogen and oxygen atoms in total. The Morgan fingerprint density at radius 1 is 1.11 bits per heavy atom. The number of carbonyl (C=O) groups excluding carboxylic acids is 2. The van der Waals surface area contributed by atoms with E-state index in [0.717, 1.165) is 6.26 Å². The molecule has 0 spiro atoms. The molecule has 1 N–H and O–H groups in total. The summed E-state index contributed by atoms with van der Waals surface area (Å²) in [6.07, 6.45) is 2.18. The molecule has 1 aromatic heterocycles. The number of methoxy groups -OCH3 is 2. The number of anilines is 1. The van der Waals surface area contributed by atoms with Crippen molar-refractivity contribution in [3.05, 3.63) is 58.1 Å². The largest absolute Gasteiger partial charge is 0.493 e. The number of esters is 1. The van der Waals surface area contributed by atoms with E-state index in [1.54, 1.807) is 12.1 Å². The highest BCUT2D eigenvalue weighted by Gasteiger charge is 2.18. The number of hydrogen-bond acceptors (Lipinski definition) is 11. The number of benzene rings is 2. The van der Waals surface area contributed by atoms with Crippen molar-refractivity contribution in [2.24, 2.45) is 0 Å². The van der Waals surface area contributed by atoms with Gasteiger partial charge in [-0.3, -0.25) is 10.1 Å². The van der Waals surface area contributed by atoms with Crippen molar-refractivity contribution in [3.63, 3.8) is 0 Å². The molecule has 0 aliphatic heterocycles. The smallest absolute Gasteiger partial charge is 0.343 e. The Labute approximate surface area is 215 Å². The lowest BCUT2D eigenvalue weighted by atomic mass is 10.1. The molecule has 2 aromatic carbocycles. The summed E-state index contributed by atoms with van der Waals surface area (Å²) >= 11 is 6.90. The van der Waals surface area contributed by atoms with Crippen LogP contribution in [0.3, 0.4) is 0 Å². The van der Waals surface area contributed by atoms with Gasteiger partial charge in [0.15, 0.2) is 11.5 Å². The summed E-state index contributed by atoms with van der Waals surface area (Å²) in [6.45, 7) is 0. The molecule has 1 amide bonds. The Bertz CT molecular complexity index is 1510. The Kier molecular flexibility index (Phi) is 8.25. The van der Waals surface area contributed by atoms with Gasteiger partial charge in [0.1, 0.15) is 17.4 Å². The van der Waals surface area contributed by atoms with Crippen LogP contribution in [0.25, 0.3) is 6.08 Å². The normalized spacial score (nSPS) is 11.4. The summed E-state index contributed by atoms with van der Waals surface area (Å²) in [5, 5.41) is 11.2. The molecule has 3 aromatic rings. The van der Waals surface area contributed by atoms with Crippen LogP contribution < -0.4 is 19.5 Å². The molecular formula is C22H17ClN4O7S2. The molecule has 186 valence electrons. The summed E-state index contributed by atoms with van der Waals surface area (Å²) in [7, 11) is -0.732. The predicted octanol–water partition coefficient (Wildman–Crippen LogP) is 3.38. The van der Waals surface area contributed by atoms with Gasteiger partial charge in [-0.2, -0.15) is 14.6 Å². The molecule has 36 heavy (non-hydrogen) atoms. The number of carbonyl (C=O) groups is 2. The first-order valence-corrected chi connectivity index (χ1v) is 12.8. The van der Waals surface area contributed by atoms with Crippen LogP contribution in [-0.2, 0) is 14.6 Å². The van der Waals surface area contributed by atoms with Crippen molar-refractivity contribution in [1.82, 2.24) is 9.36 Å². The zero-order valence-electron chi connectivity index (χ0n) is 18.9. The Morgan fingerprint density at radius 2 is 1.81 bits per heavy atom. The fourth-order valence-corrected chi connectivity index (χ4v) is 4.37. The van der Waals surface area contributed by atoms with E-state index in [-0.39, 0.29) is 27.0 Å². The topological polar surface area (TPSA) is 158 Å². The number of ether oxygens (including phenoxy) is 3. The van der Waals surface area contributed by atoms with Crippen LogP contribution in [0.4, 0.5) is 5.13 Å². The molecule has 0 atom stereocenters. The van der Waals surface area contributed by atoms with Gasteiger partial charge in [0, 0.05) is 17.8 Å². The SMILES string of the molecule is COc1ccc(C(=O)Oc2ccc(/C=C(/C#N)C(=O)Nc3nc(S(C)(=O)=O)ns3)cc2Cl)cc1OC. The lowest BCUT2D eigenvalue weighted by molar-refractivity contribution is -0.112. The van der Waals surface area contributed by atoms with Gasteiger partial charge in [0.25, 0.3) is 11.1 Å². The summed E-state index contributed by atoms with van der Waals surface area (Å²) in [5.74, 6) is -0.666. The van der Waals surface area contributed by atoms with Gasteiger partial charge in [-0.1, -0.05) is 17.7 Å². The fraction of sp³-hybridized carbons (Fsp3) is 0.136. The van der Waals surface area contributed by atoms with E-state index in [0.29, 0.717) is 28.6 Å². The fourth-order valence-electron chi connectivity index (χ4n) is 2.70. The molecule has 0 fully saturated rings. The molecule has 0 unspecified atom stereocenters. The number of nitrogens with one attached hydrogen (secondary N) is 1. The van der Waals surface area contributed by atoms with E-state index in [2.05, 4.69) is 14.7 Å². The molecule has 0 saturated carbocycles. The van der Waals surface area contributed by atoms with Gasteiger partial charge in [-0.05, 0) is 42.0 Å². The van der Waals surface area contributed by atoms with E-state index in [4.69, 9.17) is 25.8 Å². The third kappa shape index (κ3) is 6.36. The first-order valence-electron chi connectivity index (χ1n) is 9.76. The van der Waals surface area contributed by atoms with E-state index in [1.165, 1.54) is 50.6 Å². The molecule has 0 aliphatic carbocycles. The zero-order valence-corrected chi connectivity index (χ0v) is 21.3. The highest BCUT2D eigenvalue weighted by atomic mass is 35.5. The van der Waals surface area contributed by atoms with Gasteiger partial charge < -0.3 is 14.2 Å². The second kappa shape index (κ2) is 11.2. The molecule has 0 radical (unpaired) electrons. The second-order valence-electron chi connectivity index (χ2n) is 6.93. The Morgan fingerprint density at radius 3 is 2.39 bits per heavy atom. The number of rotatable bonds is 8. The number of hydrogen-bond donors (Lipinski definition) is 1. The maximum atomic E-state index is 12.5. The summed E-state index contributed by atoms with van der Waals surface area (Å²) in [5.41, 5.74) is 0.260. The average molecular weight is 549 g/mol. The first-order chi connectivity index (χ1) is 17.0. The third-order valence-corrected chi connectivity index (χ3v) is 6.30. The Balaban J connectivity index is 1.75. The number of nitrogens with zero attached hydrogens (tertiary/aromatic N) is 3. The number of aromatic nitrogens is 2. The lowest BCUT2D eigenvalue weighted by Gasteiger charge is -2.10. The van der Waals surface area contributed by atoms with Crippen molar-refractivity contribution in [3.8, 4) is 23.3 Å². The van der Waals surface area contributed by atoms with Crippen molar-refractivity contribution in [2.45, 2.75) is 5.16 Å². The maximum Gasteiger partial charge on any atom is 0.343 e. The van der Waals surface area contributed by atoms with Gasteiger partial charge in [-0.25, -0.2) is 13.2 Å². The molecular weight excluding hydrogens is 532 g/mol. The highest BCUT2D eigenvalue weighted by molar-refractivity contribution is 7.90. The lowest BCUT2D eigenvalue weighted by Crippen LogP contribution is -2.13. The van der Waals surface area contributed by atoms with Gasteiger partial charge >= 0.3 is 5.97 Å². The van der Waals surface area contributed by atoms with E-state index in [9.17, 15) is 23.3 Å². The minimum Gasteiger partial charge on any atom is -0.493 e. The van der Waals surface area contributed by atoms with Crippen LogP contribution in [0.1, 0.15) is 15.9 Å². The molecule has 1 heterocycles. The van der Waals surface area contributed by atoms with Crippen LogP contribution in [0, 0.1) is 11.3 Å². The van der Waals surface area contributed by atoms with Crippen LogP contribution in [-0.4, -0.2) is 50.1 Å². The van der Waals surface area contributed by atoms with Crippen molar-refractivity contribution >= 4 is 56.1 Å². The highest BCUT2D eigenvalue weighted by Crippen LogP contribution is 2.30. The molecule has 14 heteroatoms. The number of nitriles is 1. The summed E-state index contributed by atoms with van der Waals surface area (Å²) < 4.78 is 42.3. The monoisotopic (exact) mass is 548 g/mol. The zero-order chi connectivity index (χ0) is 26.5. The van der Waals surface area contributed by atoms with Crippen LogP contribution >= 0.6 is 23.1 Å². The average Bonchev–Trinajstić information content (AvgIpc) is 3.32. The maximum absolute atomic E-state index is 12.5. The molecule has 3 rings (SSSR count). The predicted molar refractivity (Wildman–Crippen MR) is 131 cm³/mol. The molecule has 0 aliphatic rings.